The Bertz CT molecular complexity index is 560. The minimum Gasteiger partial charge on any atom is -0.369 e. The summed E-state index contributed by atoms with van der Waals surface area (Å²) in [4.78, 5) is 8.87. The van der Waals surface area contributed by atoms with Crippen LogP contribution in [0.1, 0.15) is 5.56 Å². The van der Waals surface area contributed by atoms with Crippen molar-refractivity contribution in [1.29, 1.82) is 0 Å². The van der Waals surface area contributed by atoms with Gasteiger partial charge in [-0.15, -0.1) is 0 Å². The molecule has 0 aliphatic carbocycles. The Labute approximate surface area is 115 Å². The second kappa shape index (κ2) is 5.01. The molecule has 0 amide bonds. The molecule has 0 bridgehead atoms. The second-order valence-corrected chi connectivity index (χ2v) is 7.06. The van der Waals surface area contributed by atoms with Crippen LogP contribution in [-0.4, -0.2) is 37.0 Å². The normalized spacial score (nSPS) is 20.4. The molecule has 1 atom stereocenters. The van der Waals surface area contributed by atoms with E-state index in [1.54, 1.807) is 0 Å². The molecule has 1 fully saturated rings. The lowest BCUT2D eigenvalue weighted by molar-refractivity contribution is 0.718. The summed E-state index contributed by atoms with van der Waals surface area (Å²) in [7, 11) is 0. The van der Waals surface area contributed by atoms with E-state index in [-0.39, 0.29) is 0 Å². The van der Waals surface area contributed by atoms with Crippen molar-refractivity contribution in [3.05, 3.63) is 17.8 Å². The molecule has 0 aromatic carbocycles. The minimum absolute atomic E-state index is 0.583. The molecule has 96 valence electrons. The highest BCUT2D eigenvalue weighted by molar-refractivity contribution is 8.06. The molecule has 1 saturated heterocycles. The van der Waals surface area contributed by atoms with E-state index in [4.69, 9.17) is 5.73 Å². The Hall–Kier alpha value is -0.880. The van der Waals surface area contributed by atoms with E-state index < -0.39 is 0 Å². The molecule has 1 unspecified atom stereocenters. The highest BCUT2D eigenvalue weighted by Crippen LogP contribution is 2.27. The van der Waals surface area contributed by atoms with E-state index in [2.05, 4.69) is 14.5 Å². The Kier molecular flexibility index (Phi) is 3.39. The molecule has 3 heterocycles. The van der Waals surface area contributed by atoms with Gasteiger partial charge in [0.15, 0.2) is 5.65 Å². The highest BCUT2D eigenvalue weighted by Gasteiger charge is 2.18. The number of nitrogen functional groups attached to an aromatic ring is 1. The molecule has 6 heteroatoms. The quantitative estimate of drug-likeness (QED) is 0.913. The van der Waals surface area contributed by atoms with E-state index in [0.29, 0.717) is 11.2 Å². The predicted octanol–water partition coefficient (Wildman–Crippen LogP) is 2.17. The summed E-state index contributed by atoms with van der Waals surface area (Å²) in [6.07, 6.45) is 1.88. The lowest BCUT2D eigenvalue weighted by atomic mass is 10.3. The van der Waals surface area contributed by atoms with Crippen LogP contribution in [0, 0.1) is 6.92 Å². The maximum absolute atomic E-state index is 6.02. The van der Waals surface area contributed by atoms with E-state index >= 15 is 0 Å². The fraction of sp³-hybridized carbons (Fsp3) is 0.500. The molecule has 1 aliphatic rings. The summed E-state index contributed by atoms with van der Waals surface area (Å²) in [6.45, 7) is 2.94. The maximum Gasteiger partial charge on any atom is 0.202 e. The van der Waals surface area contributed by atoms with E-state index in [0.717, 1.165) is 23.3 Å². The number of hydrogen-bond acceptors (Lipinski definition) is 5. The number of aryl methyl sites for hydroxylation is 1. The Morgan fingerprint density at radius 2 is 2.39 bits per heavy atom. The number of nitrogens with two attached hydrogens (primary N) is 1. The summed E-state index contributed by atoms with van der Waals surface area (Å²) >= 11 is 4.05. The number of fused-ring (bicyclic) bond motifs is 1. The number of rotatable bonds is 2. The van der Waals surface area contributed by atoms with Crippen LogP contribution in [0.4, 0.5) is 5.95 Å². The maximum atomic E-state index is 6.02. The van der Waals surface area contributed by atoms with Crippen LogP contribution in [0.25, 0.3) is 11.2 Å². The zero-order valence-electron chi connectivity index (χ0n) is 10.3. The third-order valence-corrected chi connectivity index (χ3v) is 5.85. The number of nitrogens with zero attached hydrogens (tertiary/aromatic N) is 3. The van der Waals surface area contributed by atoms with Gasteiger partial charge in [-0.1, -0.05) is 0 Å². The van der Waals surface area contributed by atoms with Crippen molar-refractivity contribution in [3.8, 4) is 0 Å². The van der Waals surface area contributed by atoms with Crippen molar-refractivity contribution in [2.24, 2.45) is 0 Å². The van der Waals surface area contributed by atoms with Crippen LogP contribution in [0.2, 0.25) is 0 Å². The van der Waals surface area contributed by atoms with Gasteiger partial charge in [-0.05, 0) is 18.6 Å². The summed E-state index contributed by atoms with van der Waals surface area (Å²) < 4.78 is 2.05. The van der Waals surface area contributed by atoms with Gasteiger partial charge in [-0.2, -0.15) is 23.5 Å². The third kappa shape index (κ3) is 2.31. The molecule has 0 spiro atoms. The Morgan fingerprint density at radius 1 is 1.50 bits per heavy atom. The fourth-order valence-electron chi connectivity index (χ4n) is 2.15. The average Bonchev–Trinajstić information content (AvgIpc) is 2.66. The lowest BCUT2D eigenvalue weighted by Gasteiger charge is -2.21. The number of thioether (sulfide) groups is 2. The van der Waals surface area contributed by atoms with Gasteiger partial charge in [-0.3, -0.25) is 4.57 Å². The van der Waals surface area contributed by atoms with Crippen LogP contribution in [0.5, 0.6) is 0 Å². The second-order valence-electron chi connectivity index (χ2n) is 4.50. The van der Waals surface area contributed by atoms with Crippen molar-refractivity contribution in [2.45, 2.75) is 18.7 Å². The Morgan fingerprint density at radius 3 is 3.17 bits per heavy atom. The van der Waals surface area contributed by atoms with Gasteiger partial charge in [0.05, 0.1) is 0 Å². The molecule has 0 radical (unpaired) electrons. The monoisotopic (exact) mass is 280 g/mol. The zero-order valence-corrected chi connectivity index (χ0v) is 11.9. The fourth-order valence-corrected chi connectivity index (χ4v) is 4.81. The molecular formula is C12H16N4S2. The number of imidazole rings is 1. The summed E-state index contributed by atoms with van der Waals surface area (Å²) in [5, 5.41) is 0.617. The minimum atomic E-state index is 0.583. The first-order chi connectivity index (χ1) is 8.74. The largest absolute Gasteiger partial charge is 0.369 e. The number of hydrogen-bond donors (Lipinski definition) is 1. The molecule has 4 nitrogen and oxygen atoms in total. The zero-order chi connectivity index (χ0) is 12.5. The molecule has 2 aromatic heterocycles. The van der Waals surface area contributed by atoms with Crippen molar-refractivity contribution in [2.75, 3.05) is 23.0 Å². The van der Waals surface area contributed by atoms with Gasteiger partial charge < -0.3 is 5.73 Å². The average molecular weight is 280 g/mol. The van der Waals surface area contributed by atoms with Gasteiger partial charge in [0.2, 0.25) is 5.95 Å². The number of anilines is 1. The van der Waals surface area contributed by atoms with Crippen LogP contribution in [0.15, 0.2) is 12.3 Å². The molecule has 0 saturated carbocycles. The van der Waals surface area contributed by atoms with Crippen LogP contribution in [-0.2, 0) is 6.54 Å². The third-order valence-electron chi connectivity index (χ3n) is 3.02. The van der Waals surface area contributed by atoms with Crippen molar-refractivity contribution in [1.82, 2.24) is 14.5 Å². The van der Waals surface area contributed by atoms with Crippen LogP contribution < -0.4 is 5.73 Å². The van der Waals surface area contributed by atoms with Crippen molar-refractivity contribution >= 4 is 40.6 Å². The molecule has 2 aromatic rings. The number of aromatic nitrogens is 3. The van der Waals surface area contributed by atoms with Gasteiger partial charge in [0.1, 0.15) is 5.52 Å². The van der Waals surface area contributed by atoms with E-state index in [1.165, 1.54) is 17.3 Å². The first-order valence-electron chi connectivity index (χ1n) is 6.02. The van der Waals surface area contributed by atoms with Gasteiger partial charge in [0, 0.05) is 35.3 Å². The topological polar surface area (TPSA) is 56.7 Å². The first kappa shape index (κ1) is 12.2. The van der Waals surface area contributed by atoms with Crippen LogP contribution in [0.3, 0.4) is 0 Å². The van der Waals surface area contributed by atoms with Gasteiger partial charge in [0.25, 0.3) is 0 Å². The van der Waals surface area contributed by atoms with Gasteiger partial charge >= 0.3 is 0 Å². The summed E-state index contributed by atoms with van der Waals surface area (Å²) in [6, 6.07) is 2.04. The highest BCUT2D eigenvalue weighted by atomic mass is 32.2. The summed E-state index contributed by atoms with van der Waals surface area (Å²) in [5.74, 6) is 4.27. The molecule has 3 rings (SSSR count). The predicted molar refractivity (Wildman–Crippen MR) is 80.2 cm³/mol. The standard InChI is InChI=1S/C12H16N4S2/c1-8-4-10-11(14-5-8)16(12(13)15-10)6-9-7-17-2-3-18-9/h4-5,9H,2-3,6-7H2,1H3,(H2,13,15). The smallest absolute Gasteiger partial charge is 0.202 e. The SMILES string of the molecule is Cc1cnc2c(c1)nc(N)n2CC1CSCCS1. The molecule has 18 heavy (non-hydrogen) atoms. The van der Waals surface area contributed by atoms with Crippen LogP contribution >= 0.6 is 23.5 Å². The van der Waals surface area contributed by atoms with E-state index in [1.807, 2.05) is 42.7 Å². The van der Waals surface area contributed by atoms with Gasteiger partial charge in [-0.25, -0.2) is 9.97 Å². The lowest BCUT2D eigenvalue weighted by Crippen LogP contribution is -2.21. The Balaban J connectivity index is 1.92. The molecular weight excluding hydrogens is 264 g/mol. The van der Waals surface area contributed by atoms with E-state index in [9.17, 15) is 0 Å². The molecule has 1 aliphatic heterocycles. The van der Waals surface area contributed by atoms with Crippen molar-refractivity contribution in [3.63, 3.8) is 0 Å². The number of pyridine rings is 1. The van der Waals surface area contributed by atoms with Crippen molar-refractivity contribution < 1.29 is 0 Å². The summed E-state index contributed by atoms with van der Waals surface area (Å²) in [5.41, 5.74) is 8.95. The molecule has 2 N–H and O–H groups in total. The first-order valence-corrected chi connectivity index (χ1v) is 8.22.